The topological polar surface area (TPSA) is 62.2 Å². The molecule has 0 unspecified atom stereocenters. The van der Waals surface area contributed by atoms with E-state index < -0.39 is 17.8 Å². The molecule has 212 valence electrons. The molecule has 2 N–H and O–H groups in total. The summed E-state index contributed by atoms with van der Waals surface area (Å²) in [7, 11) is 0. The Hall–Kier alpha value is -4.70. The summed E-state index contributed by atoms with van der Waals surface area (Å²) in [4.78, 5) is 19.6. The summed E-state index contributed by atoms with van der Waals surface area (Å²) in [6.07, 6.45) is -0.920. The first kappa shape index (κ1) is 27.5. The van der Waals surface area contributed by atoms with Gasteiger partial charge in [0.15, 0.2) is 5.11 Å². The van der Waals surface area contributed by atoms with Crippen LogP contribution in [0.3, 0.4) is 0 Å². The summed E-state index contributed by atoms with van der Waals surface area (Å²) < 4.78 is 42.3. The van der Waals surface area contributed by atoms with Crippen molar-refractivity contribution in [3.8, 4) is 5.69 Å². The molecule has 0 spiro atoms. The highest BCUT2D eigenvalue weighted by molar-refractivity contribution is 7.80. The summed E-state index contributed by atoms with van der Waals surface area (Å²) in [5, 5.41) is 8.76. The van der Waals surface area contributed by atoms with Crippen molar-refractivity contribution in [2.75, 3.05) is 11.9 Å². The number of carbonyl (C=O) groups is 1. The van der Waals surface area contributed by atoms with Gasteiger partial charge in [-0.2, -0.15) is 13.2 Å². The van der Waals surface area contributed by atoms with Crippen LogP contribution in [0.25, 0.3) is 16.5 Å². The van der Waals surface area contributed by atoms with Gasteiger partial charge < -0.3 is 20.1 Å². The molecule has 6 nitrogen and oxygen atoms in total. The molecule has 1 saturated heterocycles. The Balaban J connectivity index is 1.31. The predicted molar refractivity (Wildman–Crippen MR) is 160 cm³/mol. The lowest BCUT2D eigenvalue weighted by Crippen LogP contribution is -2.33. The van der Waals surface area contributed by atoms with Crippen molar-refractivity contribution in [2.45, 2.75) is 24.7 Å². The first-order chi connectivity index (χ1) is 20.3. The second-order valence-electron chi connectivity index (χ2n) is 10.00. The van der Waals surface area contributed by atoms with E-state index in [0.717, 1.165) is 34.3 Å². The number of amides is 1. The zero-order valence-electron chi connectivity index (χ0n) is 22.3. The summed E-state index contributed by atoms with van der Waals surface area (Å²) in [5.74, 6) is -0.178. The molecule has 2 aromatic heterocycles. The normalized spacial score (nSPS) is 16.9. The number of benzene rings is 3. The van der Waals surface area contributed by atoms with Crippen LogP contribution in [0, 0.1) is 0 Å². The number of anilines is 1. The number of hydrogen-bond donors (Lipinski definition) is 2. The number of aromatic nitrogens is 2. The fraction of sp³-hybridized carbons (Fsp3) is 0.156. The highest BCUT2D eigenvalue weighted by Crippen LogP contribution is 2.40. The van der Waals surface area contributed by atoms with Gasteiger partial charge in [0.25, 0.3) is 0 Å². The second kappa shape index (κ2) is 11.3. The predicted octanol–water partition coefficient (Wildman–Crippen LogP) is 7.05. The molecule has 5 aromatic rings. The van der Waals surface area contributed by atoms with E-state index in [9.17, 15) is 18.0 Å². The highest BCUT2D eigenvalue weighted by atomic mass is 32.1. The molecule has 0 aliphatic carbocycles. The third-order valence-electron chi connectivity index (χ3n) is 7.38. The van der Waals surface area contributed by atoms with Gasteiger partial charge >= 0.3 is 6.18 Å². The van der Waals surface area contributed by atoms with E-state index >= 15 is 0 Å². The Morgan fingerprint density at radius 2 is 1.74 bits per heavy atom. The maximum absolute atomic E-state index is 13.5. The number of fused-ring (bicyclic) bond motifs is 1. The van der Waals surface area contributed by atoms with Crippen molar-refractivity contribution in [1.82, 2.24) is 19.8 Å². The molecule has 42 heavy (non-hydrogen) atoms. The van der Waals surface area contributed by atoms with Gasteiger partial charge in [-0.1, -0.05) is 48.5 Å². The molecular formula is C32H26F3N5OS. The molecule has 6 rings (SSSR count). The van der Waals surface area contributed by atoms with Crippen LogP contribution in [-0.2, 0) is 11.0 Å². The summed E-state index contributed by atoms with van der Waals surface area (Å²) in [6.45, 7) is 0.282. The third-order valence-corrected chi connectivity index (χ3v) is 7.73. The lowest BCUT2D eigenvalue weighted by atomic mass is 10.0. The maximum atomic E-state index is 13.5. The van der Waals surface area contributed by atoms with Gasteiger partial charge in [0, 0.05) is 47.8 Å². The van der Waals surface area contributed by atoms with Gasteiger partial charge in [-0.15, -0.1) is 0 Å². The molecule has 10 heteroatoms. The van der Waals surface area contributed by atoms with Crippen molar-refractivity contribution >= 4 is 39.7 Å². The number of halogens is 3. The van der Waals surface area contributed by atoms with Crippen LogP contribution in [0.1, 0.15) is 35.5 Å². The molecule has 1 aliphatic rings. The van der Waals surface area contributed by atoms with Crippen molar-refractivity contribution in [2.24, 2.45) is 0 Å². The van der Waals surface area contributed by atoms with Crippen LogP contribution in [-0.4, -0.2) is 32.0 Å². The van der Waals surface area contributed by atoms with Gasteiger partial charge in [0.1, 0.15) is 0 Å². The van der Waals surface area contributed by atoms with Crippen molar-refractivity contribution in [1.29, 1.82) is 0 Å². The van der Waals surface area contributed by atoms with E-state index in [2.05, 4.69) is 15.6 Å². The molecule has 2 atom stereocenters. The lowest BCUT2D eigenvalue weighted by molar-refractivity contribution is -0.137. The molecule has 1 amide bonds. The number of pyridine rings is 1. The van der Waals surface area contributed by atoms with Gasteiger partial charge in [0.2, 0.25) is 5.91 Å². The standard InChI is InChI=1S/C32H26F3N5OS/c33-32(34,35)22-10-6-11-23(20-22)39-18-7-15-27(39)30-29(26-13-3-4-17-36-26)38-31(42)40(30)19-16-28(41)37-25-14-5-9-21-8-1-2-12-24(21)25/h1-15,17-18,20,29-30H,16,19H2,(H,37,41)(H,38,42)/t29-,30-/m1/s1. The number of rotatable bonds is 7. The number of nitrogens with zero attached hydrogens (tertiary/aromatic N) is 3. The van der Waals surface area contributed by atoms with E-state index in [1.807, 2.05) is 71.6 Å². The summed E-state index contributed by atoms with van der Waals surface area (Å²) in [6, 6.07) is 27.2. The van der Waals surface area contributed by atoms with E-state index in [-0.39, 0.29) is 24.9 Å². The average Bonchev–Trinajstić information content (AvgIpc) is 3.60. The zero-order chi connectivity index (χ0) is 29.3. The molecule has 0 saturated carbocycles. The van der Waals surface area contributed by atoms with Gasteiger partial charge in [-0.25, -0.2) is 0 Å². The Kier molecular flexibility index (Phi) is 7.38. The molecule has 0 bridgehead atoms. The number of hydrogen-bond acceptors (Lipinski definition) is 3. The Morgan fingerprint density at radius 3 is 2.55 bits per heavy atom. The lowest BCUT2D eigenvalue weighted by Gasteiger charge is -2.29. The quantitative estimate of drug-likeness (QED) is 0.201. The first-order valence-corrected chi connectivity index (χ1v) is 13.8. The molecule has 3 aromatic carbocycles. The van der Waals surface area contributed by atoms with Crippen LogP contribution >= 0.6 is 12.2 Å². The Morgan fingerprint density at radius 1 is 0.952 bits per heavy atom. The molecule has 3 heterocycles. The van der Waals surface area contributed by atoms with Crippen LogP contribution < -0.4 is 10.6 Å². The molecule has 1 fully saturated rings. The summed E-state index contributed by atoms with van der Waals surface area (Å²) in [5.41, 5.74) is 1.80. The monoisotopic (exact) mass is 585 g/mol. The van der Waals surface area contributed by atoms with Crippen LogP contribution in [0.5, 0.6) is 0 Å². The van der Waals surface area contributed by atoms with Crippen molar-refractivity contribution < 1.29 is 18.0 Å². The fourth-order valence-electron chi connectivity index (χ4n) is 5.44. The number of nitrogens with one attached hydrogen (secondary N) is 2. The average molecular weight is 586 g/mol. The van der Waals surface area contributed by atoms with Crippen molar-refractivity contribution in [3.63, 3.8) is 0 Å². The zero-order valence-corrected chi connectivity index (χ0v) is 23.1. The van der Waals surface area contributed by atoms with Crippen molar-refractivity contribution in [3.05, 3.63) is 126 Å². The van der Waals surface area contributed by atoms with Gasteiger partial charge in [0.05, 0.1) is 23.3 Å². The van der Waals surface area contributed by atoms with E-state index in [1.54, 1.807) is 29.1 Å². The maximum Gasteiger partial charge on any atom is 0.416 e. The minimum Gasteiger partial charge on any atom is -0.352 e. The molecular weight excluding hydrogens is 559 g/mol. The Bertz CT molecular complexity index is 1750. The minimum atomic E-state index is -4.47. The number of carbonyl (C=O) groups excluding carboxylic acids is 1. The molecule has 1 aliphatic heterocycles. The van der Waals surface area contributed by atoms with Gasteiger partial charge in [-0.05, 0) is 66.1 Å². The Labute approximate surface area is 245 Å². The fourth-order valence-corrected chi connectivity index (χ4v) is 5.77. The summed E-state index contributed by atoms with van der Waals surface area (Å²) >= 11 is 5.74. The van der Waals surface area contributed by atoms with E-state index in [0.29, 0.717) is 16.5 Å². The minimum absolute atomic E-state index is 0.140. The number of thiocarbonyl (C=S) groups is 1. The van der Waals surface area contributed by atoms with Crippen LogP contribution in [0.4, 0.5) is 18.9 Å². The SMILES string of the molecule is O=C(CCN1C(=S)N[C@H](c2ccccn2)[C@H]1c1cccn1-c1cccc(C(F)(F)F)c1)Nc1cccc2ccccc12. The number of alkyl halides is 3. The first-order valence-electron chi connectivity index (χ1n) is 13.4. The third kappa shape index (κ3) is 5.45. The van der Waals surface area contributed by atoms with Gasteiger partial charge in [-0.3, -0.25) is 9.78 Å². The second-order valence-corrected chi connectivity index (χ2v) is 10.4. The van der Waals surface area contributed by atoms with Crippen LogP contribution in [0.2, 0.25) is 0 Å². The largest absolute Gasteiger partial charge is 0.416 e. The van der Waals surface area contributed by atoms with E-state index in [1.165, 1.54) is 6.07 Å². The molecule has 0 radical (unpaired) electrons. The smallest absolute Gasteiger partial charge is 0.352 e. The van der Waals surface area contributed by atoms with E-state index in [4.69, 9.17) is 12.2 Å². The van der Waals surface area contributed by atoms with Crippen LogP contribution in [0.15, 0.2) is 109 Å². The highest BCUT2D eigenvalue weighted by Gasteiger charge is 2.41.